The zero-order chi connectivity index (χ0) is 20.1. The number of ether oxygens (including phenoxy) is 5. The Balaban J connectivity index is 1.56. The molecule has 0 saturated carbocycles. The van der Waals surface area contributed by atoms with E-state index in [4.69, 9.17) is 29.4 Å². The zero-order valence-corrected chi connectivity index (χ0v) is 14.4. The molecule has 2 heterocycles. The molecule has 2 aliphatic heterocycles. The van der Waals surface area contributed by atoms with E-state index in [2.05, 4.69) is 5.32 Å². The highest BCUT2D eigenvalue weighted by atomic mass is 19.2. The molecule has 0 aliphatic carbocycles. The summed E-state index contributed by atoms with van der Waals surface area (Å²) in [6.07, 6.45) is -4.00. The van der Waals surface area contributed by atoms with Gasteiger partial charge in [-0.15, -0.1) is 0 Å². The summed E-state index contributed by atoms with van der Waals surface area (Å²) in [5.74, 6) is -3.43. The maximum Gasteiger partial charge on any atom is 0.509 e. The third-order valence-electron chi connectivity index (χ3n) is 3.89. The number of amides is 1. The van der Waals surface area contributed by atoms with Gasteiger partial charge in [-0.25, -0.2) is 14.0 Å². The number of rotatable bonds is 7. The largest absolute Gasteiger partial charge is 0.509 e. The van der Waals surface area contributed by atoms with Gasteiger partial charge in [0.1, 0.15) is 6.61 Å². The van der Waals surface area contributed by atoms with E-state index in [0.29, 0.717) is 0 Å². The van der Waals surface area contributed by atoms with Gasteiger partial charge in [-0.05, 0) is 5.56 Å². The minimum Gasteiger partial charge on any atom is -0.429 e. The quantitative estimate of drug-likeness (QED) is 0.508. The number of primary amides is 1. The van der Waals surface area contributed by atoms with E-state index in [0.717, 1.165) is 17.8 Å². The van der Waals surface area contributed by atoms with E-state index in [1.807, 2.05) is 0 Å². The molecule has 4 atom stereocenters. The second-order valence-electron chi connectivity index (χ2n) is 5.91. The lowest BCUT2D eigenvalue weighted by Crippen LogP contribution is -2.43. The van der Waals surface area contributed by atoms with Crippen molar-refractivity contribution >= 4 is 18.2 Å². The fraction of sp³-hybridized carbons (Fsp3) is 0.353. The van der Waals surface area contributed by atoms with Crippen molar-refractivity contribution in [1.29, 1.82) is 0 Å². The molecule has 0 bridgehead atoms. The first-order chi connectivity index (χ1) is 13.4. The van der Waals surface area contributed by atoms with Crippen LogP contribution in [0.3, 0.4) is 0 Å². The molecule has 0 aromatic heterocycles. The molecule has 0 spiro atoms. The van der Waals surface area contributed by atoms with E-state index >= 15 is 4.39 Å². The summed E-state index contributed by atoms with van der Waals surface area (Å²) < 4.78 is 39.5. The molecule has 28 heavy (non-hydrogen) atoms. The van der Waals surface area contributed by atoms with Gasteiger partial charge in [-0.3, -0.25) is 4.79 Å². The van der Waals surface area contributed by atoms with Gasteiger partial charge in [0.25, 0.3) is 5.85 Å². The number of halogens is 1. The fourth-order valence-electron chi connectivity index (χ4n) is 2.66. The van der Waals surface area contributed by atoms with E-state index < -0.39 is 49.1 Å². The summed E-state index contributed by atoms with van der Waals surface area (Å²) in [6.45, 7) is -0.970. The molecule has 3 N–H and O–H groups in total. The van der Waals surface area contributed by atoms with Crippen LogP contribution >= 0.6 is 0 Å². The van der Waals surface area contributed by atoms with E-state index in [1.54, 1.807) is 30.3 Å². The summed E-state index contributed by atoms with van der Waals surface area (Å²) in [6, 6.07) is 8.80. The minimum absolute atomic E-state index is 0.0634. The maximum absolute atomic E-state index is 15.1. The molecule has 2 aliphatic rings. The number of nitrogens with two attached hydrogens (primary N) is 1. The molecule has 150 valence electrons. The average Bonchev–Trinajstić information content (AvgIpc) is 3.17. The van der Waals surface area contributed by atoms with E-state index in [-0.39, 0.29) is 6.61 Å². The van der Waals surface area contributed by atoms with Crippen LogP contribution in [0.1, 0.15) is 5.56 Å². The van der Waals surface area contributed by atoms with Gasteiger partial charge in [-0.2, -0.15) is 0 Å². The molecule has 0 unspecified atom stereocenters. The van der Waals surface area contributed by atoms with Crippen molar-refractivity contribution in [3.63, 3.8) is 0 Å². The highest BCUT2D eigenvalue weighted by Crippen LogP contribution is 2.39. The zero-order valence-electron chi connectivity index (χ0n) is 14.4. The molecule has 3 rings (SSSR count). The van der Waals surface area contributed by atoms with Gasteiger partial charge in [0, 0.05) is 12.3 Å². The summed E-state index contributed by atoms with van der Waals surface area (Å²) in [7, 11) is 0. The fourth-order valence-corrected chi connectivity index (χ4v) is 2.66. The topological polar surface area (TPSA) is 135 Å². The van der Waals surface area contributed by atoms with Crippen LogP contribution in [0.15, 0.2) is 42.6 Å². The number of carbonyl (C=O) groups is 3. The summed E-state index contributed by atoms with van der Waals surface area (Å²) in [4.78, 5) is 33.8. The van der Waals surface area contributed by atoms with Crippen molar-refractivity contribution in [1.82, 2.24) is 5.32 Å². The summed E-state index contributed by atoms with van der Waals surface area (Å²) >= 11 is 0. The van der Waals surface area contributed by atoms with Crippen molar-refractivity contribution < 1.29 is 42.5 Å². The molecule has 2 fully saturated rings. The Morgan fingerprint density at radius 2 is 2.00 bits per heavy atom. The second-order valence-corrected chi connectivity index (χ2v) is 5.91. The predicted octanol–water partition coefficient (Wildman–Crippen LogP) is 0.855. The molecular weight excluding hydrogens is 379 g/mol. The third-order valence-corrected chi connectivity index (χ3v) is 3.89. The Kier molecular flexibility index (Phi) is 5.64. The van der Waals surface area contributed by atoms with Crippen LogP contribution in [0.5, 0.6) is 0 Å². The molecule has 1 aromatic rings. The Hall–Kier alpha value is -3.34. The normalized spacial score (nSPS) is 28.3. The van der Waals surface area contributed by atoms with Gasteiger partial charge in [-0.1, -0.05) is 30.3 Å². The van der Waals surface area contributed by atoms with Gasteiger partial charge in [0.05, 0.1) is 0 Å². The lowest BCUT2D eigenvalue weighted by molar-refractivity contribution is -0.202. The van der Waals surface area contributed by atoms with Crippen LogP contribution in [-0.2, 0) is 35.1 Å². The van der Waals surface area contributed by atoms with Gasteiger partial charge in [0.2, 0.25) is 12.0 Å². The number of carbonyl (C=O) groups excluding carboxylic acids is 3. The SMILES string of the molecule is NC(=O)/C=C\N[C@@H]1O[C@](F)(COC(=O)OCc2ccccc2)[C@H]2OC(=O)O[C@@H]12. The third kappa shape index (κ3) is 4.49. The molecule has 1 amide bonds. The van der Waals surface area contributed by atoms with Crippen molar-refractivity contribution in [2.24, 2.45) is 5.73 Å². The highest BCUT2D eigenvalue weighted by molar-refractivity contribution is 5.85. The van der Waals surface area contributed by atoms with Gasteiger partial charge >= 0.3 is 12.3 Å². The van der Waals surface area contributed by atoms with Crippen LogP contribution < -0.4 is 11.1 Å². The smallest absolute Gasteiger partial charge is 0.429 e. The lowest BCUT2D eigenvalue weighted by Gasteiger charge is -2.22. The standard InChI is InChI=1S/C17H17FN2O8/c18-17(9-25-15(22)24-8-10-4-2-1-3-5-10)13-12(26-16(23)27-13)14(28-17)20-7-6-11(19)21/h1-7,12-14,20H,8-9H2,(H2,19,21)/b7-6-/t12-,13+,14-,17-/m1/s1. The number of alkyl halides is 1. The van der Waals surface area contributed by atoms with Crippen LogP contribution in [-0.4, -0.2) is 49.1 Å². The highest BCUT2D eigenvalue weighted by Gasteiger charge is 2.64. The minimum atomic E-state index is -2.68. The first kappa shape index (κ1) is 19.4. The van der Waals surface area contributed by atoms with Crippen molar-refractivity contribution in [2.75, 3.05) is 6.61 Å². The average molecular weight is 396 g/mol. The molecular formula is C17H17FN2O8. The second kappa shape index (κ2) is 8.13. The van der Waals surface area contributed by atoms with E-state index in [9.17, 15) is 14.4 Å². The van der Waals surface area contributed by atoms with Crippen molar-refractivity contribution in [3.05, 3.63) is 48.2 Å². The van der Waals surface area contributed by atoms with Crippen LogP contribution in [0.2, 0.25) is 0 Å². The van der Waals surface area contributed by atoms with Crippen LogP contribution in [0.25, 0.3) is 0 Å². The number of hydrogen-bond acceptors (Lipinski definition) is 9. The molecule has 0 radical (unpaired) electrons. The molecule has 10 nitrogen and oxygen atoms in total. The number of hydrogen-bond donors (Lipinski definition) is 2. The summed E-state index contributed by atoms with van der Waals surface area (Å²) in [5.41, 5.74) is 5.67. The first-order valence-corrected chi connectivity index (χ1v) is 8.17. The number of fused-ring (bicyclic) bond motifs is 1. The molecule has 1 aromatic carbocycles. The van der Waals surface area contributed by atoms with Crippen LogP contribution in [0, 0.1) is 0 Å². The Bertz CT molecular complexity index is 774. The molecule has 2 saturated heterocycles. The summed E-state index contributed by atoms with van der Waals surface area (Å²) in [5, 5.41) is 2.52. The Labute approximate surface area is 158 Å². The number of nitrogens with one attached hydrogen (secondary N) is 1. The Morgan fingerprint density at radius 1 is 1.25 bits per heavy atom. The van der Waals surface area contributed by atoms with Crippen molar-refractivity contribution in [3.8, 4) is 0 Å². The first-order valence-electron chi connectivity index (χ1n) is 8.17. The lowest BCUT2D eigenvalue weighted by atomic mass is 10.1. The van der Waals surface area contributed by atoms with Gasteiger partial charge < -0.3 is 34.7 Å². The predicted molar refractivity (Wildman–Crippen MR) is 87.9 cm³/mol. The van der Waals surface area contributed by atoms with Gasteiger partial charge in [0.15, 0.2) is 18.9 Å². The maximum atomic E-state index is 15.1. The van der Waals surface area contributed by atoms with Crippen molar-refractivity contribution in [2.45, 2.75) is 30.9 Å². The monoisotopic (exact) mass is 396 g/mol. The Morgan fingerprint density at radius 3 is 2.71 bits per heavy atom. The van der Waals surface area contributed by atoms with Crippen LogP contribution in [0.4, 0.5) is 14.0 Å². The molecule has 11 heteroatoms. The number of benzene rings is 1. The van der Waals surface area contributed by atoms with E-state index in [1.165, 1.54) is 0 Å².